The normalized spacial score (nSPS) is 15.3. The molecule has 2 rings (SSSR count). The summed E-state index contributed by atoms with van der Waals surface area (Å²) < 4.78 is 0. The first-order valence-corrected chi connectivity index (χ1v) is 5.14. The van der Waals surface area contributed by atoms with Crippen molar-refractivity contribution in [3.63, 3.8) is 0 Å². The summed E-state index contributed by atoms with van der Waals surface area (Å²) in [5.41, 5.74) is 0. The first-order valence-electron chi connectivity index (χ1n) is 5.14. The highest BCUT2D eigenvalue weighted by Crippen LogP contribution is 2.28. The number of nitrogens with zero attached hydrogens (tertiary/aromatic N) is 2. The fourth-order valence-corrected chi connectivity index (χ4v) is 1.34. The molecule has 1 aromatic rings. The van der Waals surface area contributed by atoms with Gasteiger partial charge < -0.3 is 10.2 Å². The van der Waals surface area contributed by atoms with Gasteiger partial charge in [0.1, 0.15) is 11.6 Å². The van der Waals surface area contributed by atoms with E-state index in [1.54, 1.807) is 0 Å². The molecule has 0 radical (unpaired) electrons. The van der Waals surface area contributed by atoms with Gasteiger partial charge in [-0.2, -0.15) is 0 Å². The van der Waals surface area contributed by atoms with Gasteiger partial charge in [-0.15, -0.1) is 0 Å². The predicted molar refractivity (Wildman–Crippen MR) is 59.8 cm³/mol. The van der Waals surface area contributed by atoms with Crippen LogP contribution in [0.25, 0.3) is 0 Å². The Hall–Kier alpha value is -1.25. The Bertz CT molecular complexity index is 305. The lowest BCUT2D eigenvalue weighted by Gasteiger charge is -2.12. The van der Waals surface area contributed by atoms with Crippen LogP contribution in [0.15, 0.2) is 18.2 Å². The van der Waals surface area contributed by atoms with Crippen LogP contribution in [0.5, 0.6) is 0 Å². The number of aromatic nitrogens is 1. The second kappa shape index (κ2) is 3.86. The summed E-state index contributed by atoms with van der Waals surface area (Å²) in [6, 6.07) is 6.08. The number of nitrogens with one attached hydrogen (secondary N) is 1. The van der Waals surface area contributed by atoms with Crippen molar-refractivity contribution in [1.82, 2.24) is 4.98 Å². The molecule has 0 atom stereocenters. The maximum atomic E-state index is 4.49. The zero-order chi connectivity index (χ0) is 9.97. The Balaban J connectivity index is 1.97. The molecule has 0 spiro atoms. The van der Waals surface area contributed by atoms with E-state index in [-0.39, 0.29) is 0 Å². The van der Waals surface area contributed by atoms with E-state index in [1.807, 2.05) is 37.2 Å². The Morgan fingerprint density at radius 3 is 2.86 bits per heavy atom. The fourth-order valence-electron chi connectivity index (χ4n) is 1.34. The lowest BCUT2D eigenvalue weighted by molar-refractivity contribution is 0.881. The summed E-state index contributed by atoms with van der Waals surface area (Å²) in [7, 11) is 4.01. The lowest BCUT2D eigenvalue weighted by atomic mass is 10.4. The molecule has 1 N–H and O–H groups in total. The molecule has 1 aliphatic rings. The van der Waals surface area contributed by atoms with Crippen LogP contribution >= 0.6 is 0 Å². The van der Waals surface area contributed by atoms with Gasteiger partial charge in [0.2, 0.25) is 0 Å². The third-order valence-corrected chi connectivity index (χ3v) is 2.46. The summed E-state index contributed by atoms with van der Waals surface area (Å²) >= 11 is 0. The van der Waals surface area contributed by atoms with Crippen molar-refractivity contribution in [1.29, 1.82) is 0 Å². The number of anilines is 2. The van der Waals surface area contributed by atoms with Crippen molar-refractivity contribution in [3.8, 4) is 0 Å². The summed E-state index contributed by atoms with van der Waals surface area (Å²) in [6.45, 7) is 1.07. The van der Waals surface area contributed by atoms with Gasteiger partial charge in [0.25, 0.3) is 0 Å². The van der Waals surface area contributed by atoms with Crippen LogP contribution in [0, 0.1) is 5.92 Å². The van der Waals surface area contributed by atoms with Gasteiger partial charge in [0.05, 0.1) is 0 Å². The average Bonchev–Trinajstić information content (AvgIpc) is 2.99. The molecule has 0 aromatic carbocycles. The second-order valence-electron chi connectivity index (χ2n) is 4.10. The molecular weight excluding hydrogens is 174 g/mol. The smallest absolute Gasteiger partial charge is 0.130 e. The highest BCUT2D eigenvalue weighted by molar-refractivity contribution is 5.46. The Morgan fingerprint density at radius 2 is 2.21 bits per heavy atom. The minimum Gasteiger partial charge on any atom is -0.370 e. The molecule has 1 fully saturated rings. The highest BCUT2D eigenvalue weighted by Gasteiger charge is 2.20. The predicted octanol–water partition coefficient (Wildman–Crippen LogP) is 1.97. The van der Waals surface area contributed by atoms with Crippen molar-refractivity contribution >= 4 is 11.6 Å². The number of rotatable bonds is 4. The van der Waals surface area contributed by atoms with Gasteiger partial charge in [-0.25, -0.2) is 4.98 Å². The van der Waals surface area contributed by atoms with Gasteiger partial charge >= 0.3 is 0 Å². The largest absolute Gasteiger partial charge is 0.370 e. The first-order chi connectivity index (χ1) is 6.75. The zero-order valence-corrected chi connectivity index (χ0v) is 8.83. The van der Waals surface area contributed by atoms with Gasteiger partial charge in [0, 0.05) is 20.6 Å². The van der Waals surface area contributed by atoms with E-state index >= 15 is 0 Å². The Labute approximate surface area is 85.1 Å². The molecule has 3 nitrogen and oxygen atoms in total. The molecule has 1 aromatic heterocycles. The van der Waals surface area contributed by atoms with E-state index in [2.05, 4.69) is 10.3 Å². The molecular formula is C11H17N3. The molecule has 0 unspecified atom stereocenters. The lowest BCUT2D eigenvalue weighted by Crippen LogP contribution is -2.12. The topological polar surface area (TPSA) is 28.2 Å². The third-order valence-electron chi connectivity index (χ3n) is 2.46. The van der Waals surface area contributed by atoms with E-state index < -0.39 is 0 Å². The van der Waals surface area contributed by atoms with E-state index in [9.17, 15) is 0 Å². The van der Waals surface area contributed by atoms with Gasteiger partial charge in [-0.1, -0.05) is 6.07 Å². The first kappa shape index (κ1) is 9.31. The van der Waals surface area contributed by atoms with Crippen LogP contribution in [0.4, 0.5) is 11.6 Å². The molecule has 1 saturated carbocycles. The van der Waals surface area contributed by atoms with Gasteiger partial charge in [-0.3, -0.25) is 0 Å². The average molecular weight is 191 g/mol. The summed E-state index contributed by atoms with van der Waals surface area (Å²) in [5, 5.41) is 3.36. The van der Waals surface area contributed by atoms with Crippen LogP contribution in [0.2, 0.25) is 0 Å². The Kier molecular flexibility index (Phi) is 2.57. The number of hydrogen-bond donors (Lipinski definition) is 1. The molecule has 1 aliphatic carbocycles. The summed E-state index contributed by atoms with van der Waals surface area (Å²) in [4.78, 5) is 6.50. The quantitative estimate of drug-likeness (QED) is 0.788. The molecule has 3 heteroatoms. The maximum absolute atomic E-state index is 4.49. The maximum Gasteiger partial charge on any atom is 0.130 e. The number of hydrogen-bond acceptors (Lipinski definition) is 3. The van der Waals surface area contributed by atoms with Crippen LogP contribution in [0.3, 0.4) is 0 Å². The SMILES string of the molecule is CN(C)c1cccc(NCC2CC2)n1. The summed E-state index contributed by atoms with van der Waals surface area (Å²) in [5.74, 6) is 2.88. The molecule has 14 heavy (non-hydrogen) atoms. The standard InChI is InChI=1S/C11H17N3/c1-14(2)11-5-3-4-10(13-11)12-8-9-6-7-9/h3-5,9H,6-8H2,1-2H3,(H,12,13). The Morgan fingerprint density at radius 1 is 1.43 bits per heavy atom. The van der Waals surface area contributed by atoms with Crippen molar-refractivity contribution in [3.05, 3.63) is 18.2 Å². The van der Waals surface area contributed by atoms with Crippen LogP contribution < -0.4 is 10.2 Å². The van der Waals surface area contributed by atoms with E-state index in [1.165, 1.54) is 12.8 Å². The van der Waals surface area contributed by atoms with Gasteiger partial charge in [0.15, 0.2) is 0 Å². The minimum atomic E-state index is 0.889. The van der Waals surface area contributed by atoms with E-state index in [0.29, 0.717) is 0 Å². The van der Waals surface area contributed by atoms with Gasteiger partial charge in [-0.05, 0) is 30.9 Å². The van der Waals surface area contributed by atoms with Crippen molar-refractivity contribution in [2.45, 2.75) is 12.8 Å². The molecule has 0 aliphatic heterocycles. The monoisotopic (exact) mass is 191 g/mol. The van der Waals surface area contributed by atoms with E-state index in [4.69, 9.17) is 0 Å². The molecule has 0 bridgehead atoms. The third kappa shape index (κ3) is 2.37. The molecule has 76 valence electrons. The van der Waals surface area contributed by atoms with Crippen LogP contribution in [0.1, 0.15) is 12.8 Å². The molecule has 0 amide bonds. The second-order valence-corrected chi connectivity index (χ2v) is 4.10. The fraction of sp³-hybridized carbons (Fsp3) is 0.545. The van der Waals surface area contributed by atoms with Crippen molar-refractivity contribution in [2.24, 2.45) is 5.92 Å². The molecule has 0 saturated heterocycles. The minimum absolute atomic E-state index is 0.889. The zero-order valence-electron chi connectivity index (χ0n) is 8.83. The number of pyridine rings is 1. The van der Waals surface area contributed by atoms with E-state index in [0.717, 1.165) is 24.1 Å². The van der Waals surface area contributed by atoms with Crippen molar-refractivity contribution < 1.29 is 0 Å². The highest BCUT2D eigenvalue weighted by atomic mass is 15.2. The summed E-state index contributed by atoms with van der Waals surface area (Å²) in [6.07, 6.45) is 2.75. The van der Waals surface area contributed by atoms with Crippen LogP contribution in [-0.4, -0.2) is 25.6 Å². The molecule has 1 heterocycles. The van der Waals surface area contributed by atoms with Crippen molar-refractivity contribution in [2.75, 3.05) is 30.9 Å². The van der Waals surface area contributed by atoms with Crippen LogP contribution in [-0.2, 0) is 0 Å².